The van der Waals surface area contributed by atoms with Gasteiger partial charge in [-0.3, -0.25) is 0 Å². The number of rotatable bonds is 10. The molecule has 0 bridgehead atoms. The second-order valence-electron chi connectivity index (χ2n) is 10.3. The molecule has 146 valence electrons. The number of hydrogen-bond donors (Lipinski definition) is 0. The highest BCUT2D eigenvalue weighted by Gasteiger charge is 2.59. The van der Waals surface area contributed by atoms with E-state index in [2.05, 4.69) is 90.0 Å². The third kappa shape index (κ3) is 3.90. The minimum atomic E-state index is -1.44. The summed E-state index contributed by atoms with van der Waals surface area (Å²) in [5.41, 5.74) is 5.32. The predicted octanol–water partition coefficient (Wildman–Crippen LogP) is 9.05. The van der Waals surface area contributed by atoms with E-state index in [1.807, 2.05) is 0 Å². The molecule has 0 saturated heterocycles. The molecule has 0 heterocycles. The van der Waals surface area contributed by atoms with Gasteiger partial charge in [0.1, 0.15) is 0 Å². The SMILES string of the molecule is CCCC([Si](C(C)C)(C(C)C)C(C)C)[Si](C(C)C)(C(C)C)C(C)C. The summed E-state index contributed by atoms with van der Waals surface area (Å²) < 4.78 is 0. The monoisotopic (exact) mass is 370 g/mol. The second-order valence-corrected chi connectivity index (χ2v) is 23.2. The summed E-state index contributed by atoms with van der Waals surface area (Å²) in [6.07, 6.45) is 2.86. The third-order valence-electron chi connectivity index (χ3n) is 7.78. The van der Waals surface area contributed by atoms with Crippen LogP contribution >= 0.6 is 0 Å². The summed E-state index contributed by atoms with van der Waals surface area (Å²) in [7, 11) is -2.88. The lowest BCUT2D eigenvalue weighted by Gasteiger charge is -2.60. The first-order valence-electron chi connectivity index (χ1n) is 10.9. The molecule has 0 spiro atoms. The molecule has 0 aromatic carbocycles. The first kappa shape index (κ1) is 24.4. The Morgan fingerprint density at radius 1 is 0.458 bits per heavy atom. The van der Waals surface area contributed by atoms with Crippen molar-refractivity contribution in [3.05, 3.63) is 0 Å². The maximum Gasteiger partial charge on any atom is 0.0617 e. The smallest absolute Gasteiger partial charge is 0.0617 e. The average Bonchev–Trinajstić information content (AvgIpc) is 2.37. The van der Waals surface area contributed by atoms with Crippen LogP contribution in [0.4, 0.5) is 0 Å². The van der Waals surface area contributed by atoms with E-state index in [1.165, 1.54) is 12.8 Å². The van der Waals surface area contributed by atoms with Crippen LogP contribution in [0.1, 0.15) is 103 Å². The maximum atomic E-state index is 2.58. The Kier molecular flexibility index (Phi) is 9.56. The summed E-state index contributed by atoms with van der Waals surface area (Å²) in [4.78, 5) is 0. The lowest BCUT2D eigenvalue weighted by molar-refractivity contribution is 0.672. The van der Waals surface area contributed by atoms with Gasteiger partial charge < -0.3 is 0 Å². The largest absolute Gasteiger partial charge is 0.0654 e. The number of hydrogen-bond acceptors (Lipinski definition) is 0. The first-order valence-corrected chi connectivity index (χ1v) is 15.5. The zero-order chi connectivity index (χ0) is 19.5. The van der Waals surface area contributed by atoms with Crippen molar-refractivity contribution >= 4 is 16.1 Å². The molecule has 0 saturated carbocycles. The summed E-state index contributed by atoms with van der Waals surface area (Å²) in [6, 6.07) is 0. The van der Waals surface area contributed by atoms with E-state index >= 15 is 0 Å². The van der Waals surface area contributed by atoms with Crippen LogP contribution in [-0.2, 0) is 0 Å². The fourth-order valence-electron chi connectivity index (χ4n) is 7.64. The van der Waals surface area contributed by atoms with Crippen LogP contribution in [0.2, 0.25) is 38.4 Å². The fraction of sp³-hybridized carbons (Fsp3) is 1.00. The highest BCUT2D eigenvalue weighted by molar-refractivity contribution is 7.02. The Hall–Kier alpha value is 0.434. The fourth-order valence-corrected chi connectivity index (χ4v) is 31.5. The van der Waals surface area contributed by atoms with Gasteiger partial charge in [-0.05, 0) is 5.16 Å². The van der Waals surface area contributed by atoms with Crippen LogP contribution < -0.4 is 0 Å². The van der Waals surface area contributed by atoms with Crippen LogP contribution in [0.25, 0.3) is 0 Å². The molecule has 24 heavy (non-hydrogen) atoms. The molecule has 0 atom stereocenters. The average molecular weight is 371 g/mol. The van der Waals surface area contributed by atoms with Crippen molar-refractivity contribution in [2.45, 2.75) is 141 Å². The van der Waals surface area contributed by atoms with Crippen molar-refractivity contribution in [2.75, 3.05) is 0 Å². The zero-order valence-electron chi connectivity index (χ0n) is 19.5. The summed E-state index contributed by atoms with van der Waals surface area (Å²) in [5.74, 6) is 0. The van der Waals surface area contributed by atoms with Gasteiger partial charge in [-0.2, -0.15) is 0 Å². The van der Waals surface area contributed by atoms with E-state index in [1.54, 1.807) is 0 Å². The van der Waals surface area contributed by atoms with E-state index < -0.39 is 16.1 Å². The van der Waals surface area contributed by atoms with Gasteiger partial charge >= 0.3 is 0 Å². The van der Waals surface area contributed by atoms with E-state index in [4.69, 9.17) is 0 Å². The van der Waals surface area contributed by atoms with E-state index in [0.29, 0.717) is 0 Å². The van der Waals surface area contributed by atoms with E-state index in [-0.39, 0.29) is 0 Å². The van der Waals surface area contributed by atoms with Gasteiger partial charge in [0.15, 0.2) is 0 Å². The molecule has 0 aliphatic heterocycles. The minimum Gasteiger partial charge on any atom is -0.0654 e. The van der Waals surface area contributed by atoms with Gasteiger partial charge in [0.2, 0.25) is 0 Å². The van der Waals surface area contributed by atoms with Crippen molar-refractivity contribution in [3.63, 3.8) is 0 Å². The molecule has 0 aliphatic carbocycles. The van der Waals surface area contributed by atoms with Gasteiger partial charge in [0, 0.05) is 0 Å². The Balaban J connectivity index is 6.79. The molecule has 0 aliphatic rings. The van der Waals surface area contributed by atoms with Crippen molar-refractivity contribution in [1.29, 1.82) is 0 Å². The minimum absolute atomic E-state index is 0.886. The predicted molar refractivity (Wildman–Crippen MR) is 121 cm³/mol. The molecule has 0 aromatic heterocycles. The molecule has 2 heteroatoms. The van der Waals surface area contributed by atoms with Crippen LogP contribution in [0, 0.1) is 0 Å². The van der Waals surface area contributed by atoms with E-state index in [9.17, 15) is 0 Å². The van der Waals surface area contributed by atoms with Gasteiger partial charge in [-0.15, -0.1) is 0 Å². The van der Waals surface area contributed by atoms with Crippen LogP contribution in [0.5, 0.6) is 0 Å². The van der Waals surface area contributed by atoms with Crippen LogP contribution in [0.3, 0.4) is 0 Å². The Morgan fingerprint density at radius 3 is 0.792 bits per heavy atom. The van der Waals surface area contributed by atoms with Gasteiger partial charge in [-0.25, -0.2) is 0 Å². The standard InChI is InChI=1S/C22H50Si2/c1-14-15-22(23(16(2)3,17(4)5)18(6)7)24(19(8)9,20(10)11)21(12)13/h16-22H,14-15H2,1-13H3. The quantitative estimate of drug-likeness (QED) is 0.336. The summed E-state index contributed by atoms with van der Waals surface area (Å²) in [5, 5.41) is 1.05. The van der Waals surface area contributed by atoms with Crippen molar-refractivity contribution in [1.82, 2.24) is 0 Å². The lowest BCUT2D eigenvalue weighted by atomic mass is 10.4. The van der Waals surface area contributed by atoms with Gasteiger partial charge in [0.25, 0.3) is 0 Å². The molecular formula is C22H50Si2. The van der Waals surface area contributed by atoms with Gasteiger partial charge in [-0.1, -0.05) is 136 Å². The van der Waals surface area contributed by atoms with Crippen molar-refractivity contribution < 1.29 is 0 Å². The maximum absolute atomic E-state index is 2.58. The first-order chi connectivity index (χ1) is 10.9. The second kappa shape index (κ2) is 9.39. The molecule has 0 fully saturated rings. The highest BCUT2D eigenvalue weighted by Crippen LogP contribution is 2.61. The molecule has 0 rings (SSSR count). The molecule has 0 amide bonds. The molecule has 0 unspecified atom stereocenters. The van der Waals surface area contributed by atoms with Crippen molar-refractivity contribution in [3.8, 4) is 0 Å². The highest BCUT2D eigenvalue weighted by atomic mass is 28.4. The molecule has 0 nitrogen and oxygen atoms in total. The van der Waals surface area contributed by atoms with Crippen LogP contribution in [0.15, 0.2) is 0 Å². The molecule has 0 N–H and O–H groups in total. The molecule has 0 aromatic rings. The Morgan fingerprint density at radius 2 is 0.667 bits per heavy atom. The normalized spacial score (nSPS) is 14.5. The van der Waals surface area contributed by atoms with E-state index in [0.717, 1.165) is 38.4 Å². The third-order valence-corrected chi connectivity index (χ3v) is 25.8. The van der Waals surface area contributed by atoms with Gasteiger partial charge in [0.05, 0.1) is 16.1 Å². The summed E-state index contributed by atoms with van der Waals surface area (Å²) >= 11 is 0. The van der Waals surface area contributed by atoms with Crippen LogP contribution in [-0.4, -0.2) is 16.1 Å². The molecule has 0 radical (unpaired) electrons. The van der Waals surface area contributed by atoms with Crippen molar-refractivity contribution in [2.24, 2.45) is 0 Å². The molecular weight excluding hydrogens is 320 g/mol. The zero-order valence-corrected chi connectivity index (χ0v) is 21.5. The summed E-state index contributed by atoms with van der Waals surface area (Å²) in [6.45, 7) is 33.4. The Labute approximate surface area is 157 Å². The topological polar surface area (TPSA) is 0 Å². The Bertz CT molecular complexity index is 277. The lowest BCUT2D eigenvalue weighted by Crippen LogP contribution is -2.62.